The third kappa shape index (κ3) is 5.65. The van der Waals surface area contributed by atoms with E-state index in [1.54, 1.807) is 13.8 Å². The maximum Gasteiger partial charge on any atom is 0.350 e. The molecule has 0 spiro atoms. The quantitative estimate of drug-likeness (QED) is 0.598. The lowest BCUT2D eigenvalue weighted by atomic mass is 10.1. The van der Waals surface area contributed by atoms with Gasteiger partial charge < -0.3 is 15.0 Å². The molecule has 1 aromatic rings. The number of carbonyl (C=O) groups excluding carboxylic acids is 2. The fourth-order valence-electron chi connectivity index (χ4n) is 2.57. The first-order valence-electron chi connectivity index (χ1n) is 8.30. The molecule has 1 aromatic heterocycles. The topological polar surface area (TPSA) is 71.5 Å². The van der Waals surface area contributed by atoms with Gasteiger partial charge in [0.05, 0.1) is 18.1 Å². The molecule has 1 N–H and O–H groups in total. The van der Waals surface area contributed by atoms with Gasteiger partial charge in [-0.25, -0.2) is 9.78 Å². The van der Waals surface area contributed by atoms with Crippen LogP contribution < -0.4 is 5.32 Å². The lowest BCUT2D eigenvalue weighted by Gasteiger charge is -2.34. The fourth-order valence-corrected chi connectivity index (χ4v) is 4.66. The molecule has 1 amide bonds. The number of thiocarbonyl (C=S) groups is 1. The number of nitrogens with one attached hydrogen (secondary N) is 1. The van der Waals surface area contributed by atoms with Gasteiger partial charge in [-0.2, -0.15) is 0 Å². The summed E-state index contributed by atoms with van der Waals surface area (Å²) in [6.45, 7) is 6.91. The number of amides is 1. The number of hydrogen-bond acceptors (Lipinski definition) is 7. The molecule has 2 heterocycles. The second-order valence-corrected chi connectivity index (χ2v) is 8.40. The Hall–Kier alpha value is -1.19. The number of ether oxygens (including phenoxy) is 1. The molecule has 2 rings (SSSR count). The SMILES string of the molecule is CCOC(=O)c1sc(NC(=O)CSC(=S)N2CCCC[C@@H]2C)nc1C. The van der Waals surface area contributed by atoms with Crippen LogP contribution in [0.15, 0.2) is 0 Å². The Morgan fingerprint density at radius 3 is 2.92 bits per heavy atom. The molecule has 1 aliphatic heterocycles. The van der Waals surface area contributed by atoms with E-state index < -0.39 is 5.97 Å². The Bertz CT molecular complexity index is 648. The van der Waals surface area contributed by atoms with E-state index in [2.05, 4.69) is 22.1 Å². The van der Waals surface area contributed by atoms with Crippen LogP contribution in [-0.4, -0.2) is 51.0 Å². The summed E-state index contributed by atoms with van der Waals surface area (Å²) >= 11 is 7.96. The highest BCUT2D eigenvalue weighted by Gasteiger charge is 2.22. The summed E-state index contributed by atoms with van der Waals surface area (Å²) in [7, 11) is 0. The smallest absolute Gasteiger partial charge is 0.350 e. The Balaban J connectivity index is 1.85. The van der Waals surface area contributed by atoms with E-state index in [1.807, 2.05) is 0 Å². The number of thioether (sulfide) groups is 1. The summed E-state index contributed by atoms with van der Waals surface area (Å²) in [5, 5.41) is 3.14. The van der Waals surface area contributed by atoms with Crippen LogP contribution in [0.3, 0.4) is 0 Å². The predicted octanol–water partition coefficient (Wildman–Crippen LogP) is 3.46. The predicted molar refractivity (Wildman–Crippen MR) is 107 cm³/mol. The summed E-state index contributed by atoms with van der Waals surface area (Å²) in [5.74, 6) is -0.357. The van der Waals surface area contributed by atoms with Gasteiger partial charge in [0, 0.05) is 12.6 Å². The number of esters is 1. The first-order valence-corrected chi connectivity index (χ1v) is 10.5. The fraction of sp³-hybridized carbons (Fsp3) is 0.625. The number of carbonyl (C=O) groups is 2. The summed E-state index contributed by atoms with van der Waals surface area (Å²) < 4.78 is 5.74. The molecule has 9 heteroatoms. The monoisotopic (exact) mass is 401 g/mol. The number of anilines is 1. The molecule has 138 valence electrons. The Labute approximate surface area is 161 Å². The highest BCUT2D eigenvalue weighted by Crippen LogP contribution is 2.24. The van der Waals surface area contributed by atoms with Gasteiger partial charge in [-0.05, 0) is 40.0 Å². The molecule has 25 heavy (non-hydrogen) atoms. The molecule has 0 saturated carbocycles. The average Bonchev–Trinajstić information content (AvgIpc) is 2.93. The summed E-state index contributed by atoms with van der Waals surface area (Å²) in [4.78, 5) is 30.8. The molecule has 1 aliphatic rings. The Morgan fingerprint density at radius 2 is 2.24 bits per heavy atom. The second-order valence-electron chi connectivity index (χ2n) is 5.79. The van der Waals surface area contributed by atoms with Crippen molar-refractivity contribution in [3.63, 3.8) is 0 Å². The van der Waals surface area contributed by atoms with E-state index in [0.717, 1.165) is 35.0 Å². The largest absolute Gasteiger partial charge is 0.462 e. The first kappa shape index (κ1) is 20.1. The summed E-state index contributed by atoms with van der Waals surface area (Å²) in [6.07, 6.45) is 3.52. The minimum Gasteiger partial charge on any atom is -0.462 e. The molecular formula is C16H23N3O3S3. The molecule has 0 unspecified atom stereocenters. The van der Waals surface area contributed by atoms with Gasteiger partial charge >= 0.3 is 5.97 Å². The van der Waals surface area contributed by atoms with Crippen molar-refractivity contribution in [1.82, 2.24) is 9.88 Å². The van der Waals surface area contributed by atoms with Crippen LogP contribution in [0.5, 0.6) is 0 Å². The summed E-state index contributed by atoms with van der Waals surface area (Å²) in [5.41, 5.74) is 0.559. The maximum atomic E-state index is 12.1. The Kier molecular flexibility index (Phi) is 7.64. The summed E-state index contributed by atoms with van der Waals surface area (Å²) in [6, 6.07) is 0.436. The molecule has 1 saturated heterocycles. The number of aryl methyl sites for hydroxylation is 1. The maximum absolute atomic E-state index is 12.1. The van der Waals surface area contributed by atoms with E-state index in [0.29, 0.717) is 28.4 Å². The van der Waals surface area contributed by atoms with Crippen molar-refractivity contribution < 1.29 is 14.3 Å². The van der Waals surface area contributed by atoms with E-state index in [1.165, 1.54) is 18.2 Å². The number of rotatable bonds is 5. The highest BCUT2D eigenvalue weighted by atomic mass is 32.2. The van der Waals surface area contributed by atoms with Crippen molar-refractivity contribution in [2.75, 3.05) is 24.2 Å². The first-order chi connectivity index (χ1) is 11.9. The molecule has 1 atom stereocenters. The minimum atomic E-state index is -0.410. The van der Waals surface area contributed by atoms with Crippen LogP contribution in [0.1, 0.15) is 48.5 Å². The number of thiazole rings is 1. The van der Waals surface area contributed by atoms with Gasteiger partial charge in [-0.1, -0.05) is 35.3 Å². The number of nitrogens with zero attached hydrogens (tertiary/aromatic N) is 2. The zero-order valence-corrected chi connectivity index (χ0v) is 17.1. The third-order valence-corrected chi connectivity index (χ3v) is 6.40. The molecule has 0 radical (unpaired) electrons. The number of likely N-dealkylation sites (tertiary alicyclic amines) is 1. The molecule has 0 aliphatic carbocycles. The lowest BCUT2D eigenvalue weighted by Crippen LogP contribution is -2.40. The minimum absolute atomic E-state index is 0.179. The molecular weight excluding hydrogens is 378 g/mol. The lowest BCUT2D eigenvalue weighted by molar-refractivity contribution is -0.113. The van der Waals surface area contributed by atoms with E-state index in [9.17, 15) is 9.59 Å². The van der Waals surface area contributed by atoms with Crippen molar-refractivity contribution in [2.24, 2.45) is 0 Å². The van der Waals surface area contributed by atoms with Crippen LogP contribution in [0.2, 0.25) is 0 Å². The van der Waals surface area contributed by atoms with E-state index in [4.69, 9.17) is 17.0 Å². The second kappa shape index (κ2) is 9.49. The van der Waals surface area contributed by atoms with Crippen LogP contribution in [0.4, 0.5) is 5.13 Å². The zero-order valence-electron chi connectivity index (χ0n) is 14.7. The van der Waals surface area contributed by atoms with Gasteiger partial charge in [-0.3, -0.25) is 4.79 Å². The van der Waals surface area contributed by atoms with Crippen molar-refractivity contribution in [3.05, 3.63) is 10.6 Å². The molecule has 0 aromatic carbocycles. The normalized spacial score (nSPS) is 17.2. The van der Waals surface area contributed by atoms with Gasteiger partial charge in [0.25, 0.3) is 0 Å². The zero-order chi connectivity index (χ0) is 18.4. The Morgan fingerprint density at radius 1 is 1.48 bits per heavy atom. The van der Waals surface area contributed by atoms with Gasteiger partial charge in [-0.15, -0.1) is 0 Å². The van der Waals surface area contributed by atoms with E-state index in [-0.39, 0.29) is 11.7 Å². The number of piperidine rings is 1. The highest BCUT2D eigenvalue weighted by molar-refractivity contribution is 8.23. The number of hydrogen-bond donors (Lipinski definition) is 1. The average molecular weight is 402 g/mol. The van der Waals surface area contributed by atoms with Crippen LogP contribution in [0.25, 0.3) is 0 Å². The number of aromatic nitrogens is 1. The van der Waals surface area contributed by atoms with Crippen molar-refractivity contribution in [1.29, 1.82) is 0 Å². The van der Waals surface area contributed by atoms with Gasteiger partial charge in [0.1, 0.15) is 9.20 Å². The van der Waals surface area contributed by atoms with Crippen molar-refractivity contribution in [3.8, 4) is 0 Å². The molecule has 1 fully saturated rings. The van der Waals surface area contributed by atoms with Crippen LogP contribution in [0, 0.1) is 6.92 Å². The molecule has 0 bridgehead atoms. The standard InChI is InChI=1S/C16H23N3O3S3/c1-4-22-14(21)13-11(3)17-15(25-13)18-12(20)9-24-16(23)19-8-6-5-7-10(19)2/h10H,4-9H2,1-3H3,(H,17,18,20)/t10-/m0/s1. The van der Waals surface area contributed by atoms with Crippen LogP contribution >= 0.6 is 35.3 Å². The molecule has 6 nitrogen and oxygen atoms in total. The van der Waals surface area contributed by atoms with Crippen molar-refractivity contribution >= 4 is 56.6 Å². The third-order valence-electron chi connectivity index (χ3n) is 3.87. The van der Waals surface area contributed by atoms with Crippen LogP contribution in [-0.2, 0) is 9.53 Å². The van der Waals surface area contributed by atoms with E-state index >= 15 is 0 Å². The van der Waals surface area contributed by atoms with Crippen molar-refractivity contribution in [2.45, 2.75) is 46.1 Å². The van der Waals surface area contributed by atoms with Gasteiger partial charge in [0.2, 0.25) is 5.91 Å². The van der Waals surface area contributed by atoms with Gasteiger partial charge in [0.15, 0.2) is 5.13 Å².